The first kappa shape index (κ1) is 17.9. The number of rotatable bonds is 6. The summed E-state index contributed by atoms with van der Waals surface area (Å²) < 4.78 is 46.5. The van der Waals surface area contributed by atoms with Crippen molar-refractivity contribution in [2.45, 2.75) is 18.2 Å². The maximum absolute atomic E-state index is 12.2. The molecule has 9 heteroatoms. The number of carbonyl (C=O) groups is 1. The summed E-state index contributed by atoms with van der Waals surface area (Å²) in [4.78, 5) is 10.9. The first-order valence-electron chi connectivity index (χ1n) is 5.88. The fourth-order valence-electron chi connectivity index (χ4n) is 1.82. The standard InChI is InChI=1S/C12H15ClO6S2/c1-8-10(12(14)15)6-9(13)7-11(8)21(18,19)5-3-4-20(2,16)17/h6-7H,3-5H2,1-2H3,(H,14,15). The van der Waals surface area contributed by atoms with Crippen LogP contribution in [0.2, 0.25) is 5.02 Å². The van der Waals surface area contributed by atoms with Crippen molar-refractivity contribution in [2.75, 3.05) is 17.8 Å². The summed E-state index contributed by atoms with van der Waals surface area (Å²) in [6.45, 7) is 1.38. The van der Waals surface area contributed by atoms with Crippen LogP contribution >= 0.6 is 11.6 Å². The molecular weight excluding hydrogens is 340 g/mol. The van der Waals surface area contributed by atoms with Gasteiger partial charge in [-0.3, -0.25) is 0 Å². The molecule has 0 atom stereocenters. The third-order valence-electron chi connectivity index (χ3n) is 2.82. The van der Waals surface area contributed by atoms with E-state index in [-0.39, 0.29) is 39.0 Å². The minimum Gasteiger partial charge on any atom is -0.478 e. The molecule has 21 heavy (non-hydrogen) atoms. The lowest BCUT2D eigenvalue weighted by atomic mass is 10.1. The van der Waals surface area contributed by atoms with Crippen LogP contribution in [0.15, 0.2) is 17.0 Å². The minimum atomic E-state index is -3.80. The maximum Gasteiger partial charge on any atom is 0.336 e. The van der Waals surface area contributed by atoms with Crippen LogP contribution in [0, 0.1) is 6.92 Å². The van der Waals surface area contributed by atoms with Gasteiger partial charge < -0.3 is 5.11 Å². The molecule has 0 aliphatic carbocycles. The highest BCUT2D eigenvalue weighted by Gasteiger charge is 2.22. The van der Waals surface area contributed by atoms with Gasteiger partial charge in [0.2, 0.25) is 0 Å². The number of carboxylic acid groups (broad SMARTS) is 1. The average Bonchev–Trinajstić information content (AvgIpc) is 2.29. The van der Waals surface area contributed by atoms with Gasteiger partial charge in [-0.1, -0.05) is 11.6 Å². The van der Waals surface area contributed by atoms with Gasteiger partial charge in [0, 0.05) is 11.3 Å². The summed E-state index contributed by atoms with van der Waals surface area (Å²) in [5, 5.41) is 9.03. The molecule has 0 fully saturated rings. The molecule has 0 saturated heterocycles. The number of benzene rings is 1. The Morgan fingerprint density at radius 3 is 2.24 bits per heavy atom. The lowest BCUT2D eigenvalue weighted by molar-refractivity contribution is 0.0695. The Kier molecular flexibility index (Phi) is 5.40. The second kappa shape index (κ2) is 6.33. The molecule has 1 N–H and O–H groups in total. The molecule has 6 nitrogen and oxygen atoms in total. The summed E-state index contributed by atoms with van der Waals surface area (Å²) in [5.41, 5.74) is -0.101. The fourth-order valence-corrected chi connectivity index (χ4v) is 4.58. The van der Waals surface area contributed by atoms with Gasteiger partial charge >= 0.3 is 5.97 Å². The van der Waals surface area contributed by atoms with Gasteiger partial charge in [-0.2, -0.15) is 0 Å². The number of sulfone groups is 2. The van der Waals surface area contributed by atoms with Crippen molar-refractivity contribution in [3.63, 3.8) is 0 Å². The SMILES string of the molecule is Cc1c(C(=O)O)cc(Cl)cc1S(=O)(=O)CCCS(C)(=O)=O. The van der Waals surface area contributed by atoms with Crippen molar-refractivity contribution < 1.29 is 26.7 Å². The Balaban J connectivity index is 3.17. The smallest absolute Gasteiger partial charge is 0.336 e. The van der Waals surface area contributed by atoms with E-state index >= 15 is 0 Å². The summed E-state index contributed by atoms with van der Waals surface area (Å²) >= 11 is 5.76. The molecule has 0 amide bonds. The van der Waals surface area contributed by atoms with E-state index < -0.39 is 25.6 Å². The molecule has 0 spiro atoms. The van der Waals surface area contributed by atoms with Gasteiger partial charge in [-0.05, 0) is 31.0 Å². The predicted molar refractivity (Wildman–Crippen MR) is 79.5 cm³/mol. The summed E-state index contributed by atoms with van der Waals surface area (Å²) in [7, 11) is -7.06. The number of hydrogen-bond acceptors (Lipinski definition) is 5. The summed E-state index contributed by atoms with van der Waals surface area (Å²) in [5.74, 6) is -1.92. The predicted octanol–water partition coefficient (Wildman–Crippen LogP) is 1.56. The largest absolute Gasteiger partial charge is 0.478 e. The van der Waals surface area contributed by atoms with E-state index in [0.717, 1.165) is 6.26 Å². The van der Waals surface area contributed by atoms with E-state index in [4.69, 9.17) is 16.7 Å². The zero-order valence-corrected chi connectivity index (χ0v) is 13.8. The van der Waals surface area contributed by atoms with Crippen molar-refractivity contribution in [3.05, 3.63) is 28.3 Å². The van der Waals surface area contributed by atoms with Crippen LogP contribution in [-0.2, 0) is 19.7 Å². The number of aromatic carboxylic acids is 1. The van der Waals surface area contributed by atoms with E-state index in [2.05, 4.69) is 0 Å². The maximum atomic E-state index is 12.2. The zero-order chi connectivity index (χ0) is 16.4. The van der Waals surface area contributed by atoms with Crippen molar-refractivity contribution in [1.29, 1.82) is 0 Å². The van der Waals surface area contributed by atoms with Gasteiger partial charge in [0.25, 0.3) is 0 Å². The highest BCUT2D eigenvalue weighted by atomic mass is 35.5. The minimum absolute atomic E-state index is 0.000289. The molecule has 0 aliphatic rings. The van der Waals surface area contributed by atoms with Gasteiger partial charge in [-0.25, -0.2) is 21.6 Å². The fraction of sp³-hybridized carbons (Fsp3) is 0.417. The van der Waals surface area contributed by atoms with Crippen molar-refractivity contribution >= 4 is 37.2 Å². The molecule has 1 aromatic carbocycles. The monoisotopic (exact) mass is 354 g/mol. The molecule has 0 aromatic heterocycles. The van der Waals surface area contributed by atoms with Crippen LogP contribution in [0.25, 0.3) is 0 Å². The van der Waals surface area contributed by atoms with Gasteiger partial charge in [0.05, 0.1) is 22.0 Å². The van der Waals surface area contributed by atoms with Crippen LogP contribution in [0.3, 0.4) is 0 Å². The average molecular weight is 355 g/mol. The Morgan fingerprint density at radius 2 is 1.76 bits per heavy atom. The summed E-state index contributed by atoms with van der Waals surface area (Å²) in [6.07, 6.45) is 0.961. The first-order valence-corrected chi connectivity index (χ1v) is 9.97. The van der Waals surface area contributed by atoms with Gasteiger partial charge in [-0.15, -0.1) is 0 Å². The van der Waals surface area contributed by atoms with Crippen LogP contribution in [0.1, 0.15) is 22.3 Å². The molecule has 0 radical (unpaired) electrons. The van der Waals surface area contributed by atoms with Crippen LogP contribution < -0.4 is 0 Å². The molecular formula is C12H15ClO6S2. The zero-order valence-electron chi connectivity index (χ0n) is 11.5. The van der Waals surface area contributed by atoms with Crippen LogP contribution in [0.5, 0.6) is 0 Å². The third kappa shape index (κ3) is 4.98. The van der Waals surface area contributed by atoms with Gasteiger partial charge in [0.15, 0.2) is 9.84 Å². The lowest BCUT2D eigenvalue weighted by Crippen LogP contribution is -2.14. The third-order valence-corrected chi connectivity index (χ3v) is 5.99. The molecule has 1 aromatic rings. The molecule has 118 valence electrons. The number of carboxylic acids is 1. The second-order valence-electron chi connectivity index (χ2n) is 4.68. The Hall–Kier alpha value is -1.12. The van der Waals surface area contributed by atoms with E-state index in [1.54, 1.807) is 0 Å². The molecule has 0 unspecified atom stereocenters. The second-order valence-corrected chi connectivity index (χ2v) is 9.46. The van der Waals surface area contributed by atoms with Crippen LogP contribution in [-0.4, -0.2) is 45.7 Å². The summed E-state index contributed by atoms with van der Waals surface area (Å²) in [6, 6.07) is 2.36. The van der Waals surface area contributed by atoms with Crippen molar-refractivity contribution in [1.82, 2.24) is 0 Å². The molecule has 0 aliphatic heterocycles. The first-order chi connectivity index (χ1) is 9.44. The molecule has 1 rings (SSSR count). The molecule has 0 saturated carbocycles. The highest BCUT2D eigenvalue weighted by molar-refractivity contribution is 7.92. The highest BCUT2D eigenvalue weighted by Crippen LogP contribution is 2.25. The Morgan fingerprint density at radius 1 is 1.19 bits per heavy atom. The Labute approximate surface area is 128 Å². The van der Waals surface area contributed by atoms with Crippen molar-refractivity contribution in [2.24, 2.45) is 0 Å². The molecule has 0 bridgehead atoms. The quantitative estimate of drug-likeness (QED) is 0.830. The topological polar surface area (TPSA) is 106 Å². The van der Waals surface area contributed by atoms with Crippen molar-refractivity contribution in [3.8, 4) is 0 Å². The van der Waals surface area contributed by atoms with E-state index in [0.29, 0.717) is 0 Å². The van der Waals surface area contributed by atoms with Gasteiger partial charge in [0.1, 0.15) is 9.84 Å². The van der Waals surface area contributed by atoms with Crippen LogP contribution in [0.4, 0.5) is 0 Å². The lowest BCUT2D eigenvalue weighted by Gasteiger charge is -2.10. The number of halogens is 1. The van der Waals surface area contributed by atoms with E-state index in [9.17, 15) is 21.6 Å². The molecule has 0 heterocycles. The van der Waals surface area contributed by atoms with E-state index in [1.165, 1.54) is 19.1 Å². The number of hydrogen-bond donors (Lipinski definition) is 1. The normalized spacial score (nSPS) is 12.3. The van der Waals surface area contributed by atoms with E-state index in [1.807, 2.05) is 0 Å². The Bertz CT molecular complexity index is 765.